The summed E-state index contributed by atoms with van der Waals surface area (Å²) in [6.07, 6.45) is 0.984. The van der Waals surface area contributed by atoms with Crippen LogP contribution in [0.5, 0.6) is 0 Å². The number of para-hydroxylation sites is 1. The van der Waals surface area contributed by atoms with Crippen molar-refractivity contribution in [3.05, 3.63) is 75.3 Å². The Kier molecular flexibility index (Phi) is 3.94. The molecule has 0 fully saturated rings. The normalized spacial score (nSPS) is 9.53. The number of nitro benzene ring substituents is 1. The lowest BCUT2D eigenvalue weighted by Crippen LogP contribution is -1.91. The van der Waals surface area contributed by atoms with Gasteiger partial charge >= 0.3 is 0 Å². The first kappa shape index (κ1) is 12.8. The second-order valence-corrected chi connectivity index (χ2v) is 4.07. The molecule has 0 amide bonds. The van der Waals surface area contributed by atoms with E-state index in [1.165, 1.54) is 11.6 Å². The molecule has 2 aromatic carbocycles. The maximum absolute atomic E-state index is 10.9. The van der Waals surface area contributed by atoms with Crippen molar-refractivity contribution in [2.75, 3.05) is 0 Å². The minimum Gasteiger partial charge on any atom is -0.258 e. The summed E-state index contributed by atoms with van der Waals surface area (Å²) in [5.41, 5.74) is 2.58. The molecule has 0 radical (unpaired) electrons. The Morgan fingerprint density at radius 2 is 1.74 bits per heavy atom. The van der Waals surface area contributed by atoms with Crippen LogP contribution in [0.4, 0.5) is 5.69 Å². The minimum absolute atomic E-state index is 0.0418. The Balaban J connectivity index is 2.31. The van der Waals surface area contributed by atoms with Gasteiger partial charge in [0.1, 0.15) is 5.56 Å². The second-order valence-electron chi connectivity index (χ2n) is 4.07. The molecule has 0 unspecified atom stereocenters. The maximum Gasteiger partial charge on any atom is 0.284 e. The predicted molar refractivity (Wildman–Crippen MR) is 74.9 cm³/mol. The van der Waals surface area contributed by atoms with E-state index in [9.17, 15) is 10.1 Å². The molecule has 0 spiro atoms. The molecule has 2 aromatic rings. The third-order valence-electron chi connectivity index (χ3n) is 2.80. The van der Waals surface area contributed by atoms with Crippen LogP contribution in [0.2, 0.25) is 0 Å². The second kappa shape index (κ2) is 5.83. The van der Waals surface area contributed by atoms with Gasteiger partial charge < -0.3 is 0 Å². The number of benzene rings is 2. The van der Waals surface area contributed by atoms with Gasteiger partial charge in [0.25, 0.3) is 5.69 Å². The van der Waals surface area contributed by atoms with E-state index in [1.54, 1.807) is 18.2 Å². The van der Waals surface area contributed by atoms with Crippen LogP contribution in [0, 0.1) is 22.0 Å². The summed E-state index contributed by atoms with van der Waals surface area (Å²) in [4.78, 5) is 10.4. The molecule has 0 heterocycles. The zero-order chi connectivity index (χ0) is 13.7. The van der Waals surface area contributed by atoms with Crippen LogP contribution >= 0.6 is 0 Å². The first-order valence-electron chi connectivity index (χ1n) is 6.05. The molecule has 3 heteroatoms. The smallest absolute Gasteiger partial charge is 0.258 e. The zero-order valence-corrected chi connectivity index (χ0v) is 10.6. The molecular weight excluding hydrogens is 238 g/mol. The van der Waals surface area contributed by atoms with Crippen LogP contribution in [-0.2, 0) is 6.42 Å². The number of nitro groups is 1. The summed E-state index contributed by atoms with van der Waals surface area (Å²) in [7, 11) is 0. The molecule has 0 N–H and O–H groups in total. The summed E-state index contributed by atoms with van der Waals surface area (Å²) < 4.78 is 0. The highest BCUT2D eigenvalue weighted by Crippen LogP contribution is 2.16. The van der Waals surface area contributed by atoms with Gasteiger partial charge in [-0.1, -0.05) is 43.0 Å². The van der Waals surface area contributed by atoms with Gasteiger partial charge in [-0.05, 0) is 30.2 Å². The van der Waals surface area contributed by atoms with Crippen molar-refractivity contribution in [3.8, 4) is 11.8 Å². The fourth-order valence-corrected chi connectivity index (χ4v) is 1.70. The first-order chi connectivity index (χ1) is 9.20. The number of aryl methyl sites for hydroxylation is 1. The Hall–Kier alpha value is -2.60. The monoisotopic (exact) mass is 251 g/mol. The Bertz CT molecular complexity index is 648. The van der Waals surface area contributed by atoms with E-state index < -0.39 is 4.92 Å². The molecule has 19 heavy (non-hydrogen) atoms. The van der Waals surface area contributed by atoms with E-state index in [0.29, 0.717) is 5.56 Å². The van der Waals surface area contributed by atoms with Gasteiger partial charge in [-0.15, -0.1) is 0 Å². The lowest BCUT2D eigenvalue weighted by Gasteiger charge is -1.96. The van der Waals surface area contributed by atoms with Crippen molar-refractivity contribution in [3.63, 3.8) is 0 Å². The number of rotatable bonds is 2. The fourth-order valence-electron chi connectivity index (χ4n) is 1.70. The van der Waals surface area contributed by atoms with Gasteiger partial charge in [-0.25, -0.2) is 0 Å². The van der Waals surface area contributed by atoms with Crippen LogP contribution < -0.4 is 0 Å². The van der Waals surface area contributed by atoms with E-state index in [1.807, 2.05) is 24.3 Å². The van der Waals surface area contributed by atoms with Crippen LogP contribution in [0.3, 0.4) is 0 Å². The van der Waals surface area contributed by atoms with E-state index in [4.69, 9.17) is 0 Å². The molecule has 0 aliphatic heterocycles. The molecule has 94 valence electrons. The minimum atomic E-state index is -0.413. The van der Waals surface area contributed by atoms with Crippen molar-refractivity contribution >= 4 is 5.69 Å². The number of hydrogen-bond donors (Lipinski definition) is 0. The van der Waals surface area contributed by atoms with Gasteiger partial charge in [-0.3, -0.25) is 10.1 Å². The van der Waals surface area contributed by atoms with Crippen molar-refractivity contribution in [1.29, 1.82) is 0 Å². The quantitative estimate of drug-likeness (QED) is 0.465. The zero-order valence-electron chi connectivity index (χ0n) is 10.6. The van der Waals surface area contributed by atoms with Crippen LogP contribution in [-0.4, -0.2) is 4.92 Å². The molecule has 0 bridgehead atoms. The van der Waals surface area contributed by atoms with Gasteiger partial charge in [0.2, 0.25) is 0 Å². The van der Waals surface area contributed by atoms with Gasteiger partial charge in [0.15, 0.2) is 0 Å². The van der Waals surface area contributed by atoms with Crippen molar-refractivity contribution < 1.29 is 4.92 Å². The van der Waals surface area contributed by atoms with Crippen LogP contribution in [0.25, 0.3) is 0 Å². The highest BCUT2D eigenvalue weighted by molar-refractivity contribution is 5.53. The lowest BCUT2D eigenvalue weighted by molar-refractivity contribution is -0.385. The summed E-state index contributed by atoms with van der Waals surface area (Å²) in [5.74, 6) is 5.81. The molecule has 0 aromatic heterocycles. The van der Waals surface area contributed by atoms with Gasteiger partial charge in [0.05, 0.1) is 4.92 Å². The highest BCUT2D eigenvalue weighted by Gasteiger charge is 2.09. The maximum atomic E-state index is 10.9. The van der Waals surface area contributed by atoms with E-state index in [-0.39, 0.29) is 5.69 Å². The first-order valence-corrected chi connectivity index (χ1v) is 6.05. The summed E-state index contributed by atoms with van der Waals surface area (Å²) >= 11 is 0. The average Bonchev–Trinajstić information content (AvgIpc) is 2.46. The van der Waals surface area contributed by atoms with Crippen molar-refractivity contribution in [2.45, 2.75) is 13.3 Å². The lowest BCUT2D eigenvalue weighted by atomic mass is 10.1. The highest BCUT2D eigenvalue weighted by atomic mass is 16.6. The standard InChI is InChI=1S/C16H13NO2/c1-2-13-7-9-14(10-8-13)11-12-15-5-3-4-6-16(15)17(18)19/h3-10H,2H2,1H3. The van der Waals surface area contributed by atoms with Crippen LogP contribution in [0.15, 0.2) is 48.5 Å². The molecule has 3 nitrogen and oxygen atoms in total. The molecule has 0 saturated heterocycles. The molecule has 0 aliphatic rings. The molecular formula is C16H13NO2. The van der Waals surface area contributed by atoms with E-state index in [2.05, 4.69) is 18.8 Å². The number of nitrogens with zero attached hydrogens (tertiary/aromatic N) is 1. The fraction of sp³-hybridized carbons (Fsp3) is 0.125. The molecule has 0 atom stereocenters. The Morgan fingerprint density at radius 1 is 1.05 bits per heavy atom. The summed E-state index contributed by atoms with van der Waals surface area (Å²) in [5, 5.41) is 10.9. The van der Waals surface area contributed by atoms with Crippen molar-refractivity contribution in [2.24, 2.45) is 0 Å². The third kappa shape index (κ3) is 3.20. The van der Waals surface area contributed by atoms with Gasteiger partial charge in [-0.2, -0.15) is 0 Å². The van der Waals surface area contributed by atoms with E-state index in [0.717, 1.165) is 12.0 Å². The number of hydrogen-bond acceptors (Lipinski definition) is 2. The summed E-state index contributed by atoms with van der Waals surface area (Å²) in [6, 6.07) is 14.4. The molecule has 2 rings (SSSR count). The van der Waals surface area contributed by atoms with Crippen molar-refractivity contribution in [1.82, 2.24) is 0 Å². The van der Waals surface area contributed by atoms with E-state index >= 15 is 0 Å². The predicted octanol–water partition coefficient (Wildman–Crippen LogP) is 3.56. The Morgan fingerprint density at radius 3 is 2.37 bits per heavy atom. The average molecular weight is 251 g/mol. The SMILES string of the molecule is CCc1ccc(C#Cc2ccccc2[N+](=O)[O-])cc1. The summed E-state index contributed by atoms with van der Waals surface area (Å²) in [6.45, 7) is 2.09. The third-order valence-corrected chi connectivity index (χ3v) is 2.80. The largest absolute Gasteiger partial charge is 0.284 e. The molecule has 0 aliphatic carbocycles. The molecule has 0 saturated carbocycles. The topological polar surface area (TPSA) is 43.1 Å². The Labute approximate surface area is 112 Å². The van der Waals surface area contributed by atoms with Crippen LogP contribution in [0.1, 0.15) is 23.6 Å². The van der Waals surface area contributed by atoms with Gasteiger partial charge in [0, 0.05) is 11.6 Å².